The second kappa shape index (κ2) is 7.98. The van der Waals surface area contributed by atoms with E-state index in [0.717, 1.165) is 12.8 Å². The Morgan fingerprint density at radius 2 is 2.06 bits per heavy atom. The second-order valence-electron chi connectivity index (χ2n) is 4.02. The maximum absolute atomic E-state index is 11.2. The van der Waals surface area contributed by atoms with E-state index in [1.54, 1.807) is 18.2 Å². The van der Waals surface area contributed by atoms with E-state index >= 15 is 0 Å². The lowest BCUT2D eigenvalue weighted by Crippen LogP contribution is -2.02. The van der Waals surface area contributed by atoms with Crippen molar-refractivity contribution in [2.45, 2.75) is 32.6 Å². The minimum absolute atomic E-state index is 0.338. The summed E-state index contributed by atoms with van der Waals surface area (Å²) >= 11 is 5.49. The molecule has 0 aliphatic rings. The first-order valence-corrected chi connectivity index (χ1v) is 6.58. The Bertz CT molecular complexity index is 391. The summed E-state index contributed by atoms with van der Waals surface area (Å²) in [6.07, 6.45) is 4.54. The number of rotatable bonds is 8. The van der Waals surface area contributed by atoms with Crippen LogP contribution in [0.2, 0.25) is 0 Å². The van der Waals surface area contributed by atoms with Gasteiger partial charge >= 0.3 is 0 Å². The molecule has 0 bridgehead atoms. The highest BCUT2D eigenvalue weighted by molar-refractivity contribution is 6.68. The molecule has 0 aliphatic carbocycles. The Balaban J connectivity index is 2.64. The number of para-hydroxylation sites is 1. The van der Waals surface area contributed by atoms with Crippen LogP contribution in [0, 0.1) is 0 Å². The molecule has 0 spiro atoms. The third-order valence-electron chi connectivity index (χ3n) is 2.65. The zero-order valence-electron chi connectivity index (χ0n) is 10.9. The highest BCUT2D eigenvalue weighted by Gasteiger charge is 2.14. The number of unbranched alkanes of at least 4 members (excludes halogenated alkanes) is 3. The van der Waals surface area contributed by atoms with Crippen molar-refractivity contribution in [3.05, 3.63) is 23.8 Å². The van der Waals surface area contributed by atoms with Gasteiger partial charge in [0.05, 0.1) is 19.3 Å². The van der Waals surface area contributed by atoms with Crippen molar-refractivity contribution in [3.8, 4) is 11.5 Å². The summed E-state index contributed by atoms with van der Waals surface area (Å²) in [5, 5.41) is -0.539. The van der Waals surface area contributed by atoms with E-state index in [9.17, 15) is 4.79 Å². The summed E-state index contributed by atoms with van der Waals surface area (Å²) in [5.41, 5.74) is 0.338. The van der Waals surface area contributed by atoms with Crippen LogP contribution < -0.4 is 9.47 Å². The highest BCUT2D eigenvalue weighted by atomic mass is 35.5. The largest absolute Gasteiger partial charge is 0.492 e. The van der Waals surface area contributed by atoms with Crippen molar-refractivity contribution in [2.24, 2.45) is 0 Å². The Morgan fingerprint density at radius 1 is 1.28 bits per heavy atom. The predicted octanol–water partition coefficient (Wildman–Crippen LogP) is 4.03. The summed E-state index contributed by atoms with van der Waals surface area (Å²) in [6.45, 7) is 2.79. The predicted molar refractivity (Wildman–Crippen MR) is 72.8 cm³/mol. The van der Waals surface area contributed by atoms with Gasteiger partial charge in [0.2, 0.25) is 0 Å². The first-order valence-electron chi connectivity index (χ1n) is 6.20. The van der Waals surface area contributed by atoms with Crippen molar-refractivity contribution in [1.29, 1.82) is 0 Å². The molecule has 0 saturated carbocycles. The van der Waals surface area contributed by atoms with Gasteiger partial charge in [0.15, 0.2) is 11.5 Å². The van der Waals surface area contributed by atoms with Crippen LogP contribution in [0.15, 0.2) is 18.2 Å². The minimum Gasteiger partial charge on any atom is -0.492 e. The minimum atomic E-state index is -0.539. The SMILES string of the molecule is CCCCCCOc1cccc(C(=O)Cl)c1OC. The van der Waals surface area contributed by atoms with Gasteiger partial charge < -0.3 is 9.47 Å². The van der Waals surface area contributed by atoms with Crippen LogP contribution in [-0.2, 0) is 0 Å². The molecular weight excluding hydrogens is 252 g/mol. The summed E-state index contributed by atoms with van der Waals surface area (Å²) < 4.78 is 10.8. The number of carbonyl (C=O) groups is 1. The van der Waals surface area contributed by atoms with Gasteiger partial charge in [0.1, 0.15) is 0 Å². The Morgan fingerprint density at radius 3 is 2.67 bits per heavy atom. The molecule has 1 rings (SSSR count). The fourth-order valence-electron chi connectivity index (χ4n) is 1.71. The average molecular weight is 271 g/mol. The molecule has 100 valence electrons. The molecule has 18 heavy (non-hydrogen) atoms. The molecule has 0 fully saturated rings. The fraction of sp³-hybridized carbons (Fsp3) is 0.500. The van der Waals surface area contributed by atoms with E-state index in [-0.39, 0.29) is 0 Å². The number of halogens is 1. The lowest BCUT2D eigenvalue weighted by atomic mass is 10.2. The number of ether oxygens (including phenoxy) is 2. The monoisotopic (exact) mass is 270 g/mol. The molecule has 0 aromatic heterocycles. The standard InChI is InChI=1S/C14H19ClO3/c1-3-4-5-6-10-18-12-9-7-8-11(14(15)16)13(12)17-2/h7-9H,3-6,10H2,1-2H3. The Labute approximate surface area is 113 Å². The van der Waals surface area contributed by atoms with Gasteiger partial charge in [-0.15, -0.1) is 0 Å². The molecule has 0 radical (unpaired) electrons. The number of hydrogen-bond acceptors (Lipinski definition) is 3. The Kier molecular flexibility index (Phi) is 6.58. The van der Waals surface area contributed by atoms with Gasteiger partial charge in [0, 0.05) is 0 Å². The van der Waals surface area contributed by atoms with Crippen LogP contribution in [-0.4, -0.2) is 19.0 Å². The smallest absolute Gasteiger partial charge is 0.256 e. The van der Waals surface area contributed by atoms with Gasteiger partial charge in [-0.3, -0.25) is 4.79 Å². The van der Waals surface area contributed by atoms with Crippen LogP contribution in [0.4, 0.5) is 0 Å². The lowest BCUT2D eigenvalue weighted by molar-refractivity contribution is 0.107. The fourth-order valence-corrected chi connectivity index (χ4v) is 1.85. The van der Waals surface area contributed by atoms with Crippen LogP contribution in [0.5, 0.6) is 11.5 Å². The summed E-state index contributed by atoms with van der Waals surface area (Å²) in [6, 6.07) is 5.14. The number of carbonyl (C=O) groups excluding carboxylic acids is 1. The molecule has 0 heterocycles. The van der Waals surface area contributed by atoms with Crippen LogP contribution >= 0.6 is 11.6 Å². The summed E-state index contributed by atoms with van der Waals surface area (Å²) in [7, 11) is 1.50. The first-order chi connectivity index (χ1) is 8.70. The highest BCUT2D eigenvalue weighted by Crippen LogP contribution is 2.32. The molecule has 0 saturated heterocycles. The molecule has 0 atom stereocenters. The van der Waals surface area contributed by atoms with E-state index in [0.29, 0.717) is 23.7 Å². The number of methoxy groups -OCH3 is 1. The van der Waals surface area contributed by atoms with Crippen LogP contribution in [0.25, 0.3) is 0 Å². The Hall–Kier alpha value is -1.22. The van der Waals surface area contributed by atoms with E-state index in [1.165, 1.54) is 20.0 Å². The molecular formula is C14H19ClO3. The zero-order valence-corrected chi connectivity index (χ0v) is 11.6. The molecule has 1 aromatic rings. The van der Waals surface area contributed by atoms with Gasteiger partial charge in [-0.1, -0.05) is 32.3 Å². The van der Waals surface area contributed by atoms with E-state index in [4.69, 9.17) is 21.1 Å². The molecule has 0 N–H and O–H groups in total. The summed E-state index contributed by atoms with van der Waals surface area (Å²) in [4.78, 5) is 11.2. The average Bonchev–Trinajstić information content (AvgIpc) is 2.38. The van der Waals surface area contributed by atoms with Gasteiger partial charge in [0.25, 0.3) is 5.24 Å². The van der Waals surface area contributed by atoms with Crippen LogP contribution in [0.1, 0.15) is 43.0 Å². The van der Waals surface area contributed by atoms with Crippen molar-refractivity contribution in [2.75, 3.05) is 13.7 Å². The molecule has 1 aromatic carbocycles. The first kappa shape index (κ1) is 14.8. The molecule has 4 heteroatoms. The maximum atomic E-state index is 11.2. The molecule has 0 unspecified atom stereocenters. The maximum Gasteiger partial charge on any atom is 0.256 e. The van der Waals surface area contributed by atoms with Crippen molar-refractivity contribution in [3.63, 3.8) is 0 Å². The zero-order chi connectivity index (χ0) is 13.4. The van der Waals surface area contributed by atoms with Crippen LogP contribution in [0.3, 0.4) is 0 Å². The normalized spacial score (nSPS) is 10.2. The molecule has 0 amide bonds. The van der Waals surface area contributed by atoms with Gasteiger partial charge in [-0.2, -0.15) is 0 Å². The third-order valence-corrected chi connectivity index (χ3v) is 2.85. The second-order valence-corrected chi connectivity index (χ2v) is 4.36. The van der Waals surface area contributed by atoms with E-state index in [1.807, 2.05) is 0 Å². The van der Waals surface area contributed by atoms with E-state index in [2.05, 4.69) is 6.92 Å². The molecule has 0 aliphatic heterocycles. The van der Waals surface area contributed by atoms with Crippen molar-refractivity contribution >= 4 is 16.8 Å². The quantitative estimate of drug-likeness (QED) is 0.528. The van der Waals surface area contributed by atoms with Gasteiger partial charge in [-0.25, -0.2) is 0 Å². The summed E-state index contributed by atoms with van der Waals surface area (Å²) in [5.74, 6) is 0.980. The number of benzene rings is 1. The van der Waals surface area contributed by atoms with Crippen molar-refractivity contribution < 1.29 is 14.3 Å². The van der Waals surface area contributed by atoms with Gasteiger partial charge in [-0.05, 0) is 30.2 Å². The topological polar surface area (TPSA) is 35.5 Å². The van der Waals surface area contributed by atoms with Crippen molar-refractivity contribution in [1.82, 2.24) is 0 Å². The third kappa shape index (κ3) is 4.22. The van der Waals surface area contributed by atoms with E-state index < -0.39 is 5.24 Å². The molecule has 3 nitrogen and oxygen atoms in total. The lowest BCUT2D eigenvalue weighted by Gasteiger charge is -2.12. The number of hydrogen-bond donors (Lipinski definition) is 0.